The summed E-state index contributed by atoms with van der Waals surface area (Å²) in [6.45, 7) is 6.37. The number of carbonyl (C=O) groups excluding carboxylic acids is 1. The third-order valence-corrected chi connectivity index (χ3v) is 4.84. The predicted molar refractivity (Wildman–Crippen MR) is 119 cm³/mol. The Labute approximate surface area is 182 Å². The van der Waals surface area contributed by atoms with Crippen LogP contribution in [0.15, 0.2) is 54.6 Å². The number of aromatic nitrogens is 2. The minimum Gasteiger partial charge on any atom is -0.497 e. The third kappa shape index (κ3) is 6.18. The molecule has 7 nitrogen and oxygen atoms in total. The number of rotatable bonds is 9. The highest BCUT2D eigenvalue weighted by Gasteiger charge is 2.14. The fraction of sp³-hybridized carbons (Fsp3) is 0.292. The average Bonchev–Trinajstić information content (AvgIpc) is 2.79. The maximum Gasteiger partial charge on any atom is 0.260 e. The Bertz CT molecular complexity index is 1000. The summed E-state index contributed by atoms with van der Waals surface area (Å²) in [6.07, 6.45) is -0.606. The first-order valence-corrected chi connectivity index (χ1v) is 10.1. The van der Waals surface area contributed by atoms with Gasteiger partial charge in [0.25, 0.3) is 5.91 Å². The molecule has 7 heteroatoms. The van der Waals surface area contributed by atoms with E-state index in [-0.39, 0.29) is 12.5 Å². The number of hydrogen-bond acceptors (Lipinski definition) is 6. The Kier molecular flexibility index (Phi) is 7.43. The molecule has 1 heterocycles. The molecule has 0 radical (unpaired) electrons. The predicted octanol–water partition coefficient (Wildman–Crippen LogP) is 3.73. The van der Waals surface area contributed by atoms with Crippen LogP contribution in [0.4, 0.5) is 0 Å². The van der Waals surface area contributed by atoms with Crippen LogP contribution < -0.4 is 19.5 Å². The van der Waals surface area contributed by atoms with Crippen molar-refractivity contribution < 1.29 is 19.0 Å². The molecule has 0 bridgehead atoms. The van der Waals surface area contributed by atoms with Gasteiger partial charge in [-0.2, -0.15) is 0 Å². The van der Waals surface area contributed by atoms with Gasteiger partial charge in [0.2, 0.25) is 5.88 Å². The lowest BCUT2D eigenvalue weighted by Crippen LogP contribution is -2.38. The van der Waals surface area contributed by atoms with Crippen molar-refractivity contribution >= 4 is 5.91 Å². The van der Waals surface area contributed by atoms with Gasteiger partial charge in [0, 0.05) is 11.6 Å². The minimum atomic E-state index is -0.606. The zero-order valence-electron chi connectivity index (χ0n) is 18.2. The van der Waals surface area contributed by atoms with E-state index in [1.54, 1.807) is 20.1 Å². The van der Waals surface area contributed by atoms with Crippen molar-refractivity contribution in [2.75, 3.05) is 20.3 Å². The van der Waals surface area contributed by atoms with E-state index in [0.717, 1.165) is 22.6 Å². The molecular formula is C24H27N3O4. The molecule has 1 aromatic heterocycles. The van der Waals surface area contributed by atoms with E-state index in [0.29, 0.717) is 18.2 Å². The van der Waals surface area contributed by atoms with Crippen molar-refractivity contribution in [3.63, 3.8) is 0 Å². The van der Waals surface area contributed by atoms with Crippen LogP contribution in [0.25, 0.3) is 11.3 Å². The van der Waals surface area contributed by atoms with Crippen LogP contribution in [0.2, 0.25) is 0 Å². The lowest BCUT2D eigenvalue weighted by atomic mass is 10.1. The van der Waals surface area contributed by atoms with Gasteiger partial charge in [-0.1, -0.05) is 6.07 Å². The van der Waals surface area contributed by atoms with E-state index in [1.807, 2.05) is 62.4 Å². The molecule has 0 fully saturated rings. The molecule has 0 spiro atoms. The average molecular weight is 421 g/mol. The number of aryl methyl sites for hydroxylation is 2. The quantitative estimate of drug-likeness (QED) is 0.530. The molecule has 162 valence electrons. The van der Waals surface area contributed by atoms with Crippen LogP contribution in [0.1, 0.15) is 18.1 Å². The minimum absolute atomic E-state index is 0.206. The van der Waals surface area contributed by atoms with E-state index in [4.69, 9.17) is 14.2 Å². The Hall–Kier alpha value is -3.61. The van der Waals surface area contributed by atoms with Gasteiger partial charge in [-0.05, 0) is 74.4 Å². The van der Waals surface area contributed by atoms with E-state index in [9.17, 15) is 4.79 Å². The SMILES string of the molecule is COc1ccc(-c2ccc(OCCNC(=O)C(C)Oc3ccc(C)c(C)c3)nn2)cc1. The van der Waals surface area contributed by atoms with Crippen molar-refractivity contribution in [2.45, 2.75) is 26.9 Å². The first kappa shape index (κ1) is 22.1. The van der Waals surface area contributed by atoms with Crippen molar-refractivity contribution in [3.05, 3.63) is 65.7 Å². The van der Waals surface area contributed by atoms with E-state index in [1.165, 1.54) is 5.56 Å². The molecule has 1 amide bonds. The molecule has 0 aliphatic rings. The molecule has 3 aromatic rings. The summed E-state index contributed by atoms with van der Waals surface area (Å²) in [4.78, 5) is 12.2. The molecule has 0 aliphatic heterocycles. The van der Waals surface area contributed by atoms with Gasteiger partial charge in [0.05, 0.1) is 19.3 Å². The molecule has 1 unspecified atom stereocenters. The van der Waals surface area contributed by atoms with Crippen LogP contribution in [0.3, 0.4) is 0 Å². The van der Waals surface area contributed by atoms with E-state index < -0.39 is 6.10 Å². The summed E-state index contributed by atoms with van der Waals surface area (Å²) >= 11 is 0. The number of nitrogens with one attached hydrogen (secondary N) is 1. The zero-order valence-corrected chi connectivity index (χ0v) is 18.2. The normalized spacial score (nSPS) is 11.5. The zero-order chi connectivity index (χ0) is 22.2. The van der Waals surface area contributed by atoms with Crippen LogP contribution in [-0.2, 0) is 4.79 Å². The van der Waals surface area contributed by atoms with Gasteiger partial charge in [0.1, 0.15) is 18.1 Å². The lowest BCUT2D eigenvalue weighted by Gasteiger charge is -2.15. The van der Waals surface area contributed by atoms with Crippen molar-refractivity contribution in [3.8, 4) is 28.6 Å². The van der Waals surface area contributed by atoms with Crippen LogP contribution in [0, 0.1) is 13.8 Å². The first-order chi connectivity index (χ1) is 15.0. The van der Waals surface area contributed by atoms with Gasteiger partial charge in [-0.3, -0.25) is 4.79 Å². The van der Waals surface area contributed by atoms with Crippen molar-refractivity contribution in [2.24, 2.45) is 0 Å². The Morgan fingerprint density at radius 3 is 2.35 bits per heavy atom. The molecule has 3 rings (SSSR count). The van der Waals surface area contributed by atoms with Gasteiger partial charge in [0.15, 0.2) is 6.10 Å². The maximum absolute atomic E-state index is 12.2. The summed E-state index contributed by atoms with van der Waals surface area (Å²) in [5.74, 6) is 1.65. The highest BCUT2D eigenvalue weighted by Crippen LogP contribution is 2.21. The molecule has 0 aliphatic carbocycles. The monoisotopic (exact) mass is 421 g/mol. The highest BCUT2D eigenvalue weighted by molar-refractivity contribution is 5.80. The molecule has 1 atom stereocenters. The second-order valence-corrected chi connectivity index (χ2v) is 7.13. The number of amides is 1. The Balaban J connectivity index is 1.42. The largest absolute Gasteiger partial charge is 0.497 e. The molecule has 2 aromatic carbocycles. The fourth-order valence-corrected chi connectivity index (χ4v) is 2.83. The smallest absolute Gasteiger partial charge is 0.260 e. The topological polar surface area (TPSA) is 82.6 Å². The number of nitrogens with zero attached hydrogens (tertiary/aromatic N) is 2. The summed E-state index contributed by atoms with van der Waals surface area (Å²) in [5.41, 5.74) is 3.98. The van der Waals surface area contributed by atoms with Gasteiger partial charge in [-0.25, -0.2) is 0 Å². The van der Waals surface area contributed by atoms with Crippen LogP contribution in [-0.4, -0.2) is 42.5 Å². The summed E-state index contributed by atoms with van der Waals surface area (Å²) in [5, 5.41) is 11.1. The summed E-state index contributed by atoms with van der Waals surface area (Å²) in [6, 6.07) is 16.9. The van der Waals surface area contributed by atoms with E-state index >= 15 is 0 Å². The molecular weight excluding hydrogens is 394 g/mol. The fourth-order valence-electron chi connectivity index (χ4n) is 2.83. The second-order valence-electron chi connectivity index (χ2n) is 7.13. The molecule has 1 N–H and O–H groups in total. The lowest BCUT2D eigenvalue weighted by molar-refractivity contribution is -0.127. The molecule has 0 saturated heterocycles. The van der Waals surface area contributed by atoms with E-state index in [2.05, 4.69) is 15.5 Å². The van der Waals surface area contributed by atoms with Gasteiger partial charge in [-0.15, -0.1) is 10.2 Å². The van der Waals surface area contributed by atoms with Gasteiger partial charge >= 0.3 is 0 Å². The molecule has 0 saturated carbocycles. The summed E-state index contributed by atoms with van der Waals surface area (Å²) in [7, 11) is 1.63. The number of ether oxygens (including phenoxy) is 3. The van der Waals surface area contributed by atoms with Crippen LogP contribution in [0.5, 0.6) is 17.4 Å². The van der Waals surface area contributed by atoms with Gasteiger partial charge < -0.3 is 19.5 Å². The molecule has 31 heavy (non-hydrogen) atoms. The second kappa shape index (κ2) is 10.4. The Morgan fingerprint density at radius 2 is 1.71 bits per heavy atom. The first-order valence-electron chi connectivity index (χ1n) is 10.1. The third-order valence-electron chi connectivity index (χ3n) is 4.84. The summed E-state index contributed by atoms with van der Waals surface area (Å²) < 4.78 is 16.4. The highest BCUT2D eigenvalue weighted by atomic mass is 16.5. The number of carbonyl (C=O) groups is 1. The number of benzene rings is 2. The number of hydrogen-bond donors (Lipinski definition) is 1. The van der Waals surface area contributed by atoms with Crippen molar-refractivity contribution in [1.82, 2.24) is 15.5 Å². The number of methoxy groups -OCH3 is 1. The van der Waals surface area contributed by atoms with Crippen LogP contribution >= 0.6 is 0 Å². The maximum atomic E-state index is 12.2. The standard InChI is InChI=1S/C24H27N3O4/c1-16-5-8-21(15-17(16)2)31-18(3)24(28)25-13-14-30-23-12-11-22(26-27-23)19-6-9-20(29-4)10-7-19/h5-12,15,18H,13-14H2,1-4H3,(H,25,28). The Morgan fingerprint density at radius 1 is 0.968 bits per heavy atom. The van der Waals surface area contributed by atoms with Crippen molar-refractivity contribution in [1.29, 1.82) is 0 Å².